The maximum atomic E-state index is 12.3. The van der Waals surface area contributed by atoms with E-state index in [1.54, 1.807) is 32.4 Å². The molecule has 0 spiro atoms. The van der Waals surface area contributed by atoms with Crippen molar-refractivity contribution in [1.29, 1.82) is 0 Å². The van der Waals surface area contributed by atoms with Crippen LogP contribution in [0.1, 0.15) is 18.1 Å². The van der Waals surface area contributed by atoms with Gasteiger partial charge in [0.15, 0.2) is 17.5 Å². The number of aliphatic imine (C=N–C) groups is 1. The quantitative estimate of drug-likeness (QED) is 0.369. The Labute approximate surface area is 184 Å². The van der Waals surface area contributed by atoms with E-state index in [1.165, 1.54) is 0 Å². The number of carbonyl (C=O) groups excluding carboxylic acids is 1. The number of nitrogens with one attached hydrogen (secondary N) is 2. The van der Waals surface area contributed by atoms with Crippen molar-refractivity contribution < 1.29 is 14.3 Å². The van der Waals surface area contributed by atoms with Crippen molar-refractivity contribution >= 4 is 17.6 Å². The number of anilines is 1. The summed E-state index contributed by atoms with van der Waals surface area (Å²) in [7, 11) is 5.18. The number of hydrogen-bond donors (Lipinski definition) is 2. The number of guanidine groups is 1. The monoisotopic (exact) mass is 422 g/mol. The first-order chi connectivity index (χ1) is 15.0. The Hall–Kier alpha value is -3.66. The third-order valence-corrected chi connectivity index (χ3v) is 4.57. The molecule has 164 valence electrons. The van der Waals surface area contributed by atoms with Gasteiger partial charge >= 0.3 is 0 Å². The fourth-order valence-corrected chi connectivity index (χ4v) is 2.94. The largest absolute Gasteiger partial charge is 0.493 e. The smallest absolute Gasteiger partial charge is 0.246 e. The van der Waals surface area contributed by atoms with Gasteiger partial charge < -0.3 is 25.0 Å². The molecule has 0 aliphatic heterocycles. The van der Waals surface area contributed by atoms with Crippen LogP contribution in [0.4, 0.5) is 5.69 Å². The van der Waals surface area contributed by atoms with Crippen molar-refractivity contribution in [3.63, 3.8) is 0 Å². The highest BCUT2D eigenvalue weighted by atomic mass is 16.5. The lowest BCUT2D eigenvalue weighted by molar-refractivity contribution is -0.114. The van der Waals surface area contributed by atoms with Crippen LogP contribution in [0, 0.1) is 12.3 Å². The highest BCUT2D eigenvalue weighted by molar-refractivity contribution is 5.94. The number of nitrogens with zero attached hydrogens (tertiary/aromatic N) is 2. The standard InChI is InChI=1S/C24H30N4O3/c1-6-18-9-8-10-20(15-18)27-23(29)17-26-24(25-7-2)28(3)14-13-19-11-12-21(30-4)22(16-19)31-5/h1,8-12,15-16H,7,13-14,17H2,2-5H3,(H,25,26)(H,27,29). The normalized spacial score (nSPS) is 10.7. The van der Waals surface area contributed by atoms with Gasteiger partial charge in [-0.05, 0) is 49.2 Å². The minimum Gasteiger partial charge on any atom is -0.493 e. The minimum absolute atomic E-state index is 0.00329. The average molecular weight is 423 g/mol. The van der Waals surface area contributed by atoms with Crippen LogP contribution in [-0.4, -0.2) is 57.7 Å². The second kappa shape index (κ2) is 12.1. The average Bonchev–Trinajstić information content (AvgIpc) is 2.79. The Kier molecular flexibility index (Phi) is 9.24. The zero-order valence-corrected chi connectivity index (χ0v) is 18.6. The van der Waals surface area contributed by atoms with E-state index in [9.17, 15) is 4.79 Å². The molecule has 2 aromatic carbocycles. The van der Waals surface area contributed by atoms with Crippen LogP contribution in [0.5, 0.6) is 11.5 Å². The predicted molar refractivity (Wildman–Crippen MR) is 125 cm³/mol. The highest BCUT2D eigenvalue weighted by Gasteiger charge is 2.10. The summed E-state index contributed by atoms with van der Waals surface area (Å²) in [5.41, 5.74) is 2.48. The van der Waals surface area contributed by atoms with Crippen LogP contribution in [0.3, 0.4) is 0 Å². The molecule has 0 atom stereocenters. The summed E-state index contributed by atoms with van der Waals surface area (Å²) in [6, 6.07) is 13.0. The molecule has 7 nitrogen and oxygen atoms in total. The first kappa shape index (κ1) is 23.6. The Morgan fingerprint density at radius 3 is 2.61 bits per heavy atom. The van der Waals surface area contributed by atoms with Crippen LogP contribution in [-0.2, 0) is 11.2 Å². The summed E-state index contributed by atoms with van der Waals surface area (Å²) in [4.78, 5) is 18.8. The van der Waals surface area contributed by atoms with Crippen molar-refractivity contribution in [3.05, 3.63) is 53.6 Å². The zero-order valence-electron chi connectivity index (χ0n) is 18.6. The number of carbonyl (C=O) groups is 1. The summed E-state index contributed by atoms with van der Waals surface area (Å²) in [5.74, 6) is 4.41. The second-order valence-electron chi connectivity index (χ2n) is 6.80. The fourth-order valence-electron chi connectivity index (χ4n) is 2.94. The second-order valence-corrected chi connectivity index (χ2v) is 6.80. The Bertz CT molecular complexity index is 950. The number of benzene rings is 2. The van der Waals surface area contributed by atoms with E-state index in [-0.39, 0.29) is 12.5 Å². The van der Waals surface area contributed by atoms with Gasteiger partial charge in [0.05, 0.1) is 14.2 Å². The van der Waals surface area contributed by atoms with Gasteiger partial charge in [-0.2, -0.15) is 0 Å². The third kappa shape index (κ3) is 7.27. The van der Waals surface area contributed by atoms with Crippen molar-refractivity contribution in [1.82, 2.24) is 10.2 Å². The van der Waals surface area contributed by atoms with E-state index >= 15 is 0 Å². The molecule has 31 heavy (non-hydrogen) atoms. The van der Waals surface area contributed by atoms with Gasteiger partial charge in [0.2, 0.25) is 5.91 Å². The fraction of sp³-hybridized carbons (Fsp3) is 0.333. The van der Waals surface area contributed by atoms with Crippen LogP contribution >= 0.6 is 0 Å². The number of terminal acetylenes is 1. The lowest BCUT2D eigenvalue weighted by Crippen LogP contribution is -2.40. The van der Waals surface area contributed by atoms with Gasteiger partial charge in [-0.1, -0.05) is 18.1 Å². The number of amides is 1. The van der Waals surface area contributed by atoms with E-state index in [2.05, 4.69) is 21.5 Å². The highest BCUT2D eigenvalue weighted by Crippen LogP contribution is 2.27. The number of methoxy groups -OCH3 is 2. The predicted octanol–water partition coefficient (Wildman–Crippen LogP) is 2.76. The van der Waals surface area contributed by atoms with Crippen LogP contribution in [0.15, 0.2) is 47.5 Å². The molecular weight excluding hydrogens is 392 g/mol. The molecule has 2 rings (SSSR count). The van der Waals surface area contributed by atoms with Crippen molar-refractivity contribution in [2.24, 2.45) is 4.99 Å². The van der Waals surface area contributed by atoms with Gasteiger partial charge in [-0.3, -0.25) is 4.79 Å². The minimum atomic E-state index is -0.210. The topological polar surface area (TPSA) is 75.2 Å². The van der Waals surface area contributed by atoms with Crippen molar-refractivity contribution in [3.8, 4) is 23.8 Å². The lowest BCUT2D eigenvalue weighted by atomic mass is 10.1. The van der Waals surface area contributed by atoms with E-state index < -0.39 is 0 Å². The number of likely N-dealkylation sites (N-methyl/N-ethyl adjacent to an activating group) is 1. The molecule has 0 heterocycles. The molecule has 0 saturated carbocycles. The maximum Gasteiger partial charge on any atom is 0.246 e. The Morgan fingerprint density at radius 1 is 1.16 bits per heavy atom. The molecule has 2 aromatic rings. The molecule has 0 saturated heterocycles. The van der Waals surface area contributed by atoms with Crippen molar-refractivity contribution in [2.75, 3.05) is 46.2 Å². The molecule has 0 aromatic heterocycles. The molecule has 0 unspecified atom stereocenters. The summed E-state index contributed by atoms with van der Waals surface area (Å²) in [5, 5.41) is 6.04. The SMILES string of the molecule is C#Cc1cccc(NC(=O)CN=C(NCC)N(C)CCc2ccc(OC)c(OC)c2)c1. The molecule has 0 fully saturated rings. The van der Waals surface area contributed by atoms with Crippen LogP contribution in [0.2, 0.25) is 0 Å². The van der Waals surface area contributed by atoms with Gasteiger partial charge in [-0.15, -0.1) is 6.42 Å². The van der Waals surface area contributed by atoms with Crippen LogP contribution in [0.25, 0.3) is 0 Å². The lowest BCUT2D eigenvalue weighted by Gasteiger charge is -2.22. The summed E-state index contributed by atoms with van der Waals surface area (Å²) < 4.78 is 10.7. The Balaban J connectivity index is 1.97. The molecule has 2 N–H and O–H groups in total. The van der Waals surface area contributed by atoms with Gasteiger partial charge in [0, 0.05) is 31.4 Å². The molecule has 1 amide bonds. The third-order valence-electron chi connectivity index (χ3n) is 4.57. The molecule has 0 aliphatic carbocycles. The molecule has 0 aliphatic rings. The number of hydrogen-bond acceptors (Lipinski definition) is 4. The van der Waals surface area contributed by atoms with E-state index in [0.29, 0.717) is 41.8 Å². The zero-order chi connectivity index (χ0) is 22.6. The van der Waals surface area contributed by atoms with E-state index in [1.807, 2.05) is 43.1 Å². The van der Waals surface area contributed by atoms with E-state index in [0.717, 1.165) is 12.0 Å². The van der Waals surface area contributed by atoms with Gasteiger partial charge in [-0.25, -0.2) is 4.99 Å². The summed E-state index contributed by atoms with van der Waals surface area (Å²) >= 11 is 0. The number of rotatable bonds is 9. The van der Waals surface area contributed by atoms with E-state index in [4.69, 9.17) is 15.9 Å². The maximum absolute atomic E-state index is 12.3. The first-order valence-electron chi connectivity index (χ1n) is 10.1. The first-order valence-corrected chi connectivity index (χ1v) is 10.1. The summed E-state index contributed by atoms with van der Waals surface area (Å²) in [6.07, 6.45) is 6.19. The summed E-state index contributed by atoms with van der Waals surface area (Å²) in [6.45, 7) is 3.41. The molecule has 0 bridgehead atoms. The van der Waals surface area contributed by atoms with Crippen LogP contribution < -0.4 is 20.1 Å². The molecule has 0 radical (unpaired) electrons. The number of ether oxygens (including phenoxy) is 2. The molecule has 7 heteroatoms. The van der Waals surface area contributed by atoms with Gasteiger partial charge in [0.25, 0.3) is 0 Å². The van der Waals surface area contributed by atoms with Crippen molar-refractivity contribution in [2.45, 2.75) is 13.3 Å². The molecular formula is C24H30N4O3. The Morgan fingerprint density at radius 2 is 1.94 bits per heavy atom. The van der Waals surface area contributed by atoms with Gasteiger partial charge in [0.1, 0.15) is 6.54 Å².